The van der Waals surface area contributed by atoms with Crippen LogP contribution in [-0.4, -0.2) is 17.6 Å². The van der Waals surface area contributed by atoms with E-state index in [-0.39, 0.29) is 24.0 Å². The first-order chi connectivity index (χ1) is 9.65. The number of phenolic OH excluding ortho intramolecular Hbond substituents is 1. The molecular formula is C15H12FNO3. The van der Waals surface area contributed by atoms with E-state index in [0.29, 0.717) is 5.75 Å². The molecule has 3 rings (SSSR count). The van der Waals surface area contributed by atoms with Crippen LogP contribution in [0, 0.1) is 5.82 Å². The van der Waals surface area contributed by atoms with Crippen molar-refractivity contribution in [1.29, 1.82) is 0 Å². The minimum Gasteiger partial charge on any atom is -0.508 e. The van der Waals surface area contributed by atoms with Gasteiger partial charge in [0.2, 0.25) is 5.91 Å². The van der Waals surface area contributed by atoms with E-state index in [9.17, 15) is 9.18 Å². The molecular weight excluding hydrogens is 261 g/mol. The van der Waals surface area contributed by atoms with Crippen molar-refractivity contribution in [1.82, 2.24) is 0 Å². The number of hydrogen-bond donors (Lipinski definition) is 2. The minimum absolute atomic E-state index is 0.0391. The van der Waals surface area contributed by atoms with Crippen LogP contribution in [0.1, 0.15) is 11.5 Å². The number of para-hydroxylation sites is 1. The maximum atomic E-state index is 13.6. The number of rotatable bonds is 2. The Hall–Kier alpha value is -2.56. The predicted octanol–water partition coefficient (Wildman–Crippen LogP) is 2.65. The summed E-state index contributed by atoms with van der Waals surface area (Å²) in [5.41, 5.74) is 0.835. The average Bonchev–Trinajstić information content (AvgIpc) is 2.86. The number of ether oxygens (including phenoxy) is 1. The van der Waals surface area contributed by atoms with Crippen molar-refractivity contribution in [2.75, 3.05) is 11.9 Å². The number of carbonyl (C=O) groups is 1. The lowest BCUT2D eigenvalue weighted by atomic mass is 10.0. The monoisotopic (exact) mass is 273 g/mol. The van der Waals surface area contributed by atoms with E-state index in [4.69, 9.17) is 9.84 Å². The molecule has 102 valence electrons. The molecule has 1 aliphatic heterocycles. The van der Waals surface area contributed by atoms with E-state index in [1.54, 1.807) is 6.07 Å². The Labute approximate surface area is 114 Å². The number of amides is 1. The molecule has 2 aromatic carbocycles. The Morgan fingerprint density at radius 2 is 2.10 bits per heavy atom. The van der Waals surface area contributed by atoms with E-state index in [0.717, 1.165) is 11.6 Å². The highest BCUT2D eigenvalue weighted by Gasteiger charge is 2.30. The lowest BCUT2D eigenvalue weighted by Crippen LogP contribution is -2.22. The van der Waals surface area contributed by atoms with Crippen LogP contribution >= 0.6 is 0 Å². The average molecular weight is 273 g/mol. The number of benzene rings is 2. The molecule has 1 amide bonds. The van der Waals surface area contributed by atoms with E-state index in [2.05, 4.69) is 5.32 Å². The van der Waals surface area contributed by atoms with Gasteiger partial charge in [-0.3, -0.25) is 4.79 Å². The predicted molar refractivity (Wildman–Crippen MR) is 71.4 cm³/mol. The molecule has 20 heavy (non-hydrogen) atoms. The molecule has 1 heterocycles. The van der Waals surface area contributed by atoms with Crippen LogP contribution in [0.4, 0.5) is 10.1 Å². The number of carbonyl (C=O) groups excluding carboxylic acids is 1. The Morgan fingerprint density at radius 3 is 2.90 bits per heavy atom. The topological polar surface area (TPSA) is 58.6 Å². The standard InChI is InChI=1S/C15H12FNO3/c16-12-7-9(18)5-6-13(12)17-15(19)11-8-20-14-4-2-1-3-10(11)14/h1-7,11,18H,8H2,(H,17,19). The summed E-state index contributed by atoms with van der Waals surface area (Å²) in [6, 6.07) is 10.9. The van der Waals surface area contributed by atoms with Crippen molar-refractivity contribution >= 4 is 11.6 Å². The molecule has 1 aliphatic rings. The largest absolute Gasteiger partial charge is 0.508 e. The van der Waals surface area contributed by atoms with Gasteiger partial charge in [-0.15, -0.1) is 0 Å². The van der Waals surface area contributed by atoms with Crippen LogP contribution in [0.5, 0.6) is 11.5 Å². The van der Waals surface area contributed by atoms with Gasteiger partial charge in [-0.1, -0.05) is 18.2 Å². The second kappa shape index (κ2) is 4.85. The van der Waals surface area contributed by atoms with Gasteiger partial charge in [-0.25, -0.2) is 4.39 Å². The maximum Gasteiger partial charge on any atom is 0.235 e. The second-order valence-electron chi connectivity index (χ2n) is 4.55. The van der Waals surface area contributed by atoms with Crippen molar-refractivity contribution < 1.29 is 19.0 Å². The molecule has 0 aromatic heterocycles. The smallest absolute Gasteiger partial charge is 0.235 e. The van der Waals surface area contributed by atoms with Crippen molar-refractivity contribution in [3.05, 3.63) is 53.8 Å². The molecule has 1 unspecified atom stereocenters. The Kier molecular flexibility index (Phi) is 3.02. The molecule has 0 radical (unpaired) electrons. The van der Waals surface area contributed by atoms with Gasteiger partial charge in [0.25, 0.3) is 0 Å². The number of fused-ring (bicyclic) bond motifs is 1. The fraction of sp³-hybridized carbons (Fsp3) is 0.133. The summed E-state index contributed by atoms with van der Waals surface area (Å²) in [6.45, 7) is 0.241. The quantitative estimate of drug-likeness (QED) is 0.827. The van der Waals surface area contributed by atoms with Crippen LogP contribution in [-0.2, 0) is 4.79 Å². The molecule has 1 atom stereocenters. The summed E-state index contributed by atoms with van der Waals surface area (Å²) in [4.78, 5) is 12.2. The maximum absolute atomic E-state index is 13.6. The second-order valence-corrected chi connectivity index (χ2v) is 4.55. The molecule has 2 N–H and O–H groups in total. The summed E-state index contributed by atoms with van der Waals surface area (Å²) in [5, 5.41) is 11.7. The van der Waals surface area contributed by atoms with Gasteiger partial charge in [0.05, 0.1) is 5.69 Å². The van der Waals surface area contributed by atoms with Gasteiger partial charge in [-0.05, 0) is 18.2 Å². The van der Waals surface area contributed by atoms with Gasteiger partial charge in [-0.2, -0.15) is 0 Å². The third-order valence-electron chi connectivity index (χ3n) is 3.23. The number of nitrogens with one attached hydrogen (secondary N) is 1. The van der Waals surface area contributed by atoms with Crippen LogP contribution < -0.4 is 10.1 Å². The highest BCUT2D eigenvalue weighted by Crippen LogP contribution is 2.34. The minimum atomic E-state index is -0.675. The zero-order chi connectivity index (χ0) is 14.1. The molecule has 0 spiro atoms. The molecule has 5 heteroatoms. The van der Waals surface area contributed by atoms with E-state index in [1.807, 2.05) is 18.2 Å². The van der Waals surface area contributed by atoms with Crippen molar-refractivity contribution in [3.63, 3.8) is 0 Å². The van der Waals surface area contributed by atoms with Gasteiger partial charge < -0.3 is 15.2 Å². The van der Waals surface area contributed by atoms with Gasteiger partial charge in [0, 0.05) is 11.6 Å². The Morgan fingerprint density at radius 1 is 1.30 bits per heavy atom. The fourth-order valence-corrected chi connectivity index (χ4v) is 2.20. The lowest BCUT2D eigenvalue weighted by Gasteiger charge is -2.11. The van der Waals surface area contributed by atoms with Crippen molar-refractivity contribution in [2.45, 2.75) is 5.92 Å². The molecule has 0 aliphatic carbocycles. The zero-order valence-electron chi connectivity index (χ0n) is 10.5. The third-order valence-corrected chi connectivity index (χ3v) is 3.23. The summed E-state index contributed by atoms with van der Waals surface area (Å²) >= 11 is 0. The van der Waals surface area contributed by atoms with E-state index >= 15 is 0 Å². The fourth-order valence-electron chi connectivity index (χ4n) is 2.20. The van der Waals surface area contributed by atoms with Crippen molar-refractivity contribution in [2.24, 2.45) is 0 Å². The van der Waals surface area contributed by atoms with Gasteiger partial charge >= 0.3 is 0 Å². The SMILES string of the molecule is O=C(Nc1ccc(O)cc1F)C1COc2ccccc21. The third kappa shape index (κ3) is 2.18. The van der Waals surface area contributed by atoms with Gasteiger partial charge in [0.1, 0.15) is 29.8 Å². The van der Waals surface area contributed by atoms with E-state index < -0.39 is 11.7 Å². The number of aromatic hydroxyl groups is 1. The van der Waals surface area contributed by atoms with Crippen LogP contribution in [0.3, 0.4) is 0 Å². The molecule has 0 fully saturated rings. The number of phenols is 1. The number of halogens is 1. The summed E-state index contributed by atoms with van der Waals surface area (Å²) in [6.07, 6.45) is 0. The molecule has 2 aromatic rings. The molecule has 0 bridgehead atoms. The normalized spacial score (nSPS) is 16.4. The summed E-state index contributed by atoms with van der Waals surface area (Å²) in [5.74, 6) is -0.974. The first kappa shape index (κ1) is 12.5. The van der Waals surface area contributed by atoms with Gasteiger partial charge in [0.15, 0.2) is 0 Å². The first-order valence-electron chi connectivity index (χ1n) is 6.16. The highest BCUT2D eigenvalue weighted by atomic mass is 19.1. The number of hydrogen-bond acceptors (Lipinski definition) is 3. The first-order valence-corrected chi connectivity index (χ1v) is 6.16. The number of anilines is 1. The summed E-state index contributed by atoms with van der Waals surface area (Å²) in [7, 11) is 0. The zero-order valence-corrected chi connectivity index (χ0v) is 10.5. The summed E-state index contributed by atoms with van der Waals surface area (Å²) < 4.78 is 19.0. The molecule has 0 saturated heterocycles. The molecule has 4 nitrogen and oxygen atoms in total. The van der Waals surface area contributed by atoms with Crippen molar-refractivity contribution in [3.8, 4) is 11.5 Å². The molecule has 0 saturated carbocycles. The highest BCUT2D eigenvalue weighted by molar-refractivity contribution is 5.97. The Bertz CT molecular complexity index is 672. The Balaban J connectivity index is 1.81. The van der Waals surface area contributed by atoms with Crippen LogP contribution in [0.25, 0.3) is 0 Å². The van der Waals surface area contributed by atoms with Crippen LogP contribution in [0.2, 0.25) is 0 Å². The lowest BCUT2D eigenvalue weighted by molar-refractivity contribution is -0.117. The van der Waals surface area contributed by atoms with E-state index in [1.165, 1.54) is 12.1 Å². The van der Waals surface area contributed by atoms with Crippen LogP contribution in [0.15, 0.2) is 42.5 Å².